The van der Waals surface area contributed by atoms with Gasteiger partial charge in [-0.25, -0.2) is 0 Å². The van der Waals surface area contributed by atoms with Gasteiger partial charge < -0.3 is 9.47 Å². The van der Waals surface area contributed by atoms with Gasteiger partial charge in [-0.05, 0) is 40.0 Å². The zero-order valence-corrected chi connectivity index (χ0v) is 17.1. The van der Waals surface area contributed by atoms with Crippen LogP contribution >= 0.6 is 0 Å². The number of carbonyl (C=O) groups excluding carboxylic acids is 2. The molecule has 0 aromatic carbocycles. The van der Waals surface area contributed by atoms with Gasteiger partial charge in [-0.1, -0.05) is 58.3 Å². The number of ether oxygens (including phenoxy) is 2. The van der Waals surface area contributed by atoms with E-state index in [1.807, 2.05) is 27.7 Å². The first kappa shape index (κ1) is 23.9. The Balaban J connectivity index is 3.36. The van der Waals surface area contributed by atoms with Crippen molar-refractivity contribution in [1.29, 1.82) is 0 Å². The Morgan fingerprint density at radius 2 is 1.08 bits per heavy atom. The van der Waals surface area contributed by atoms with E-state index >= 15 is 0 Å². The normalized spacial score (nSPS) is 12.4. The molecule has 4 heteroatoms. The molecule has 1 unspecified atom stereocenters. The molecule has 0 aliphatic carbocycles. The van der Waals surface area contributed by atoms with Crippen molar-refractivity contribution in [3.05, 3.63) is 0 Å². The highest BCUT2D eigenvalue weighted by molar-refractivity contribution is 5.69. The van der Waals surface area contributed by atoms with Gasteiger partial charge in [0, 0.05) is 12.8 Å². The molecule has 0 aromatic heterocycles. The van der Waals surface area contributed by atoms with Crippen LogP contribution in [0, 0.1) is 5.92 Å². The van der Waals surface area contributed by atoms with Crippen molar-refractivity contribution in [2.75, 3.05) is 0 Å². The molecule has 0 N–H and O–H groups in total. The second kappa shape index (κ2) is 15.2. The van der Waals surface area contributed by atoms with E-state index in [1.165, 1.54) is 38.5 Å². The average Bonchev–Trinajstić information content (AvgIpc) is 2.47. The summed E-state index contributed by atoms with van der Waals surface area (Å²) in [5, 5.41) is 0. The second-order valence-electron chi connectivity index (χ2n) is 7.75. The summed E-state index contributed by atoms with van der Waals surface area (Å²) in [5.41, 5.74) is 0. The van der Waals surface area contributed by atoms with Crippen molar-refractivity contribution in [2.45, 2.75) is 117 Å². The minimum absolute atomic E-state index is 0.00364. The summed E-state index contributed by atoms with van der Waals surface area (Å²) < 4.78 is 10.3. The van der Waals surface area contributed by atoms with Gasteiger partial charge in [0.2, 0.25) is 0 Å². The fourth-order valence-corrected chi connectivity index (χ4v) is 2.84. The summed E-state index contributed by atoms with van der Waals surface area (Å²) in [6, 6.07) is 0. The van der Waals surface area contributed by atoms with E-state index in [2.05, 4.69) is 6.92 Å². The zero-order chi connectivity index (χ0) is 19.1. The number of esters is 2. The van der Waals surface area contributed by atoms with Crippen LogP contribution < -0.4 is 0 Å². The van der Waals surface area contributed by atoms with Crippen molar-refractivity contribution >= 4 is 11.9 Å². The van der Waals surface area contributed by atoms with Gasteiger partial charge in [-0.3, -0.25) is 9.59 Å². The van der Waals surface area contributed by atoms with Gasteiger partial charge >= 0.3 is 11.9 Å². The van der Waals surface area contributed by atoms with Crippen molar-refractivity contribution < 1.29 is 19.1 Å². The van der Waals surface area contributed by atoms with Crippen molar-refractivity contribution in [2.24, 2.45) is 5.92 Å². The third kappa shape index (κ3) is 17.6. The Hall–Kier alpha value is -1.06. The lowest BCUT2D eigenvalue weighted by molar-refractivity contribution is -0.149. The quantitative estimate of drug-likeness (QED) is 0.274. The molecule has 0 saturated heterocycles. The van der Waals surface area contributed by atoms with Gasteiger partial charge in [0.25, 0.3) is 0 Å². The highest BCUT2D eigenvalue weighted by Gasteiger charge is 2.11. The third-order valence-corrected chi connectivity index (χ3v) is 4.08. The van der Waals surface area contributed by atoms with Crippen LogP contribution in [0.25, 0.3) is 0 Å². The standard InChI is InChI=1S/C21H40O4/c1-17(2)24-20(22)15-13-11-9-7-6-8-10-12-14-19(5)16-21(23)25-18(3)4/h17-19H,6-16H2,1-5H3. The van der Waals surface area contributed by atoms with E-state index in [0.29, 0.717) is 18.8 Å². The van der Waals surface area contributed by atoms with E-state index in [1.54, 1.807) is 0 Å². The summed E-state index contributed by atoms with van der Waals surface area (Å²) in [5.74, 6) is 0.276. The number of rotatable bonds is 15. The zero-order valence-electron chi connectivity index (χ0n) is 17.1. The highest BCUT2D eigenvalue weighted by Crippen LogP contribution is 2.16. The lowest BCUT2D eigenvalue weighted by Gasteiger charge is -2.12. The molecule has 0 bridgehead atoms. The molecular weight excluding hydrogens is 316 g/mol. The summed E-state index contributed by atoms with van der Waals surface area (Å²) in [6.07, 6.45) is 11.6. The molecule has 0 radical (unpaired) electrons. The number of hydrogen-bond donors (Lipinski definition) is 0. The lowest BCUT2D eigenvalue weighted by Crippen LogP contribution is -2.14. The summed E-state index contributed by atoms with van der Waals surface area (Å²) >= 11 is 0. The smallest absolute Gasteiger partial charge is 0.306 e. The van der Waals surface area contributed by atoms with Crippen molar-refractivity contribution in [1.82, 2.24) is 0 Å². The minimum Gasteiger partial charge on any atom is -0.463 e. The maximum atomic E-state index is 11.6. The molecule has 4 nitrogen and oxygen atoms in total. The van der Waals surface area contributed by atoms with Crippen LogP contribution in [0.1, 0.15) is 105 Å². The largest absolute Gasteiger partial charge is 0.463 e. The van der Waals surface area contributed by atoms with Crippen LogP contribution in [0.2, 0.25) is 0 Å². The van der Waals surface area contributed by atoms with Crippen LogP contribution in [-0.2, 0) is 19.1 Å². The number of hydrogen-bond acceptors (Lipinski definition) is 4. The third-order valence-electron chi connectivity index (χ3n) is 4.08. The first-order valence-electron chi connectivity index (χ1n) is 10.2. The first-order chi connectivity index (χ1) is 11.8. The topological polar surface area (TPSA) is 52.6 Å². The molecule has 0 aromatic rings. The molecular formula is C21H40O4. The van der Waals surface area contributed by atoms with Crippen LogP contribution in [0.5, 0.6) is 0 Å². The molecule has 148 valence electrons. The van der Waals surface area contributed by atoms with E-state index in [-0.39, 0.29) is 24.1 Å². The van der Waals surface area contributed by atoms with E-state index in [4.69, 9.17) is 9.47 Å². The number of carbonyl (C=O) groups is 2. The Morgan fingerprint density at radius 1 is 0.640 bits per heavy atom. The maximum absolute atomic E-state index is 11.6. The Bertz CT molecular complexity index is 350. The molecule has 0 aliphatic heterocycles. The van der Waals surface area contributed by atoms with Crippen LogP contribution in [0.15, 0.2) is 0 Å². The second-order valence-corrected chi connectivity index (χ2v) is 7.75. The predicted octanol–water partition coefficient (Wildman–Crippen LogP) is 5.82. The summed E-state index contributed by atoms with van der Waals surface area (Å²) in [6.45, 7) is 9.68. The maximum Gasteiger partial charge on any atom is 0.306 e. The molecule has 1 atom stereocenters. The highest BCUT2D eigenvalue weighted by atomic mass is 16.5. The van der Waals surface area contributed by atoms with E-state index in [0.717, 1.165) is 19.3 Å². The van der Waals surface area contributed by atoms with Crippen molar-refractivity contribution in [3.8, 4) is 0 Å². The lowest BCUT2D eigenvalue weighted by atomic mass is 9.99. The molecule has 0 aliphatic rings. The molecule has 0 amide bonds. The molecule has 0 rings (SSSR count). The molecule has 25 heavy (non-hydrogen) atoms. The predicted molar refractivity (Wildman–Crippen MR) is 102 cm³/mol. The number of unbranched alkanes of at least 4 members (excludes halogenated alkanes) is 7. The SMILES string of the molecule is CC(CCCCCCCCCCC(=O)OC(C)C)CC(=O)OC(C)C. The van der Waals surface area contributed by atoms with Gasteiger partial charge in [0.05, 0.1) is 12.2 Å². The van der Waals surface area contributed by atoms with Crippen molar-refractivity contribution in [3.63, 3.8) is 0 Å². The fourth-order valence-electron chi connectivity index (χ4n) is 2.84. The molecule has 0 spiro atoms. The average molecular weight is 357 g/mol. The van der Waals surface area contributed by atoms with Crippen LogP contribution in [0.4, 0.5) is 0 Å². The Morgan fingerprint density at radius 3 is 1.60 bits per heavy atom. The Labute approximate surface area is 155 Å². The Kier molecular flexibility index (Phi) is 14.6. The monoisotopic (exact) mass is 356 g/mol. The minimum atomic E-state index is -0.0697. The van der Waals surface area contributed by atoms with Crippen LogP contribution in [-0.4, -0.2) is 24.1 Å². The summed E-state index contributed by atoms with van der Waals surface area (Å²) in [7, 11) is 0. The van der Waals surface area contributed by atoms with Crippen LogP contribution in [0.3, 0.4) is 0 Å². The fraction of sp³-hybridized carbons (Fsp3) is 0.905. The van der Waals surface area contributed by atoms with Gasteiger partial charge in [0.15, 0.2) is 0 Å². The van der Waals surface area contributed by atoms with Gasteiger partial charge in [0.1, 0.15) is 0 Å². The molecule has 0 fully saturated rings. The van der Waals surface area contributed by atoms with Gasteiger partial charge in [-0.2, -0.15) is 0 Å². The summed E-state index contributed by atoms with van der Waals surface area (Å²) in [4.78, 5) is 23.0. The van der Waals surface area contributed by atoms with E-state index < -0.39 is 0 Å². The molecule has 0 heterocycles. The van der Waals surface area contributed by atoms with Gasteiger partial charge in [-0.15, -0.1) is 0 Å². The first-order valence-corrected chi connectivity index (χ1v) is 10.2. The molecule has 0 saturated carbocycles. The van der Waals surface area contributed by atoms with E-state index in [9.17, 15) is 9.59 Å².